The normalized spacial score (nSPS) is 16.1. The molecule has 2 aromatic rings. The quantitative estimate of drug-likeness (QED) is 0.838. The van der Waals surface area contributed by atoms with E-state index in [9.17, 15) is 14.4 Å². The lowest BCUT2D eigenvalue weighted by atomic mass is 10.1. The van der Waals surface area contributed by atoms with Crippen molar-refractivity contribution in [2.45, 2.75) is 20.3 Å². The maximum Gasteiger partial charge on any atom is 0.253 e. The summed E-state index contributed by atoms with van der Waals surface area (Å²) in [6.45, 7) is 5.48. The average molecular weight is 379 g/mol. The molecule has 1 saturated heterocycles. The summed E-state index contributed by atoms with van der Waals surface area (Å²) in [4.78, 5) is 40.9. The molecule has 1 fully saturated rings. The molecule has 0 spiro atoms. The van der Waals surface area contributed by atoms with Gasteiger partial charge in [0.05, 0.1) is 5.92 Å². The zero-order valence-corrected chi connectivity index (χ0v) is 16.2. The fraction of sp³-hybridized carbons (Fsp3) is 0.318. The van der Waals surface area contributed by atoms with Crippen molar-refractivity contribution in [2.24, 2.45) is 5.92 Å². The number of hydrogen-bond donors (Lipinski definition) is 1. The highest BCUT2D eigenvalue weighted by atomic mass is 16.2. The predicted molar refractivity (Wildman–Crippen MR) is 109 cm³/mol. The first-order valence-electron chi connectivity index (χ1n) is 9.59. The molecule has 1 N–H and O–H groups in total. The molecule has 1 atom stereocenters. The van der Waals surface area contributed by atoms with Crippen molar-refractivity contribution in [1.29, 1.82) is 0 Å². The number of rotatable bonds is 6. The van der Waals surface area contributed by atoms with E-state index in [0.29, 0.717) is 30.9 Å². The second-order valence-electron chi connectivity index (χ2n) is 6.79. The number of carbonyl (C=O) groups excluding carboxylic acids is 3. The van der Waals surface area contributed by atoms with E-state index in [1.807, 2.05) is 44.2 Å². The molecular weight excluding hydrogens is 354 g/mol. The van der Waals surface area contributed by atoms with E-state index in [4.69, 9.17) is 0 Å². The lowest BCUT2D eigenvalue weighted by molar-refractivity contribution is -0.122. The Balaban J connectivity index is 1.68. The largest absolute Gasteiger partial charge is 0.339 e. The SMILES string of the molecule is CCN(CC)C(=O)c1cccc(NC(=O)C2CC(=O)N(c3ccccc3)C2)c1. The fourth-order valence-electron chi connectivity index (χ4n) is 3.41. The Kier molecular flexibility index (Phi) is 6.09. The number of anilines is 2. The molecule has 1 unspecified atom stereocenters. The molecule has 6 nitrogen and oxygen atoms in total. The van der Waals surface area contributed by atoms with Crippen LogP contribution in [0.3, 0.4) is 0 Å². The van der Waals surface area contributed by atoms with Gasteiger partial charge in [-0.3, -0.25) is 14.4 Å². The molecule has 1 heterocycles. The van der Waals surface area contributed by atoms with E-state index in [-0.39, 0.29) is 24.1 Å². The topological polar surface area (TPSA) is 69.7 Å². The number of benzene rings is 2. The van der Waals surface area contributed by atoms with Crippen LogP contribution in [0.15, 0.2) is 54.6 Å². The third-order valence-corrected chi connectivity index (χ3v) is 4.99. The molecular formula is C22H25N3O3. The van der Waals surface area contributed by atoms with Gasteiger partial charge in [-0.1, -0.05) is 24.3 Å². The third-order valence-electron chi connectivity index (χ3n) is 4.99. The molecule has 1 aliphatic heterocycles. The van der Waals surface area contributed by atoms with Crippen LogP contribution in [0.5, 0.6) is 0 Å². The summed E-state index contributed by atoms with van der Waals surface area (Å²) in [5, 5.41) is 2.86. The lowest BCUT2D eigenvalue weighted by Gasteiger charge is -2.19. The minimum atomic E-state index is -0.421. The summed E-state index contributed by atoms with van der Waals surface area (Å²) in [6, 6.07) is 16.3. The van der Waals surface area contributed by atoms with Crippen LogP contribution in [0.1, 0.15) is 30.6 Å². The molecule has 0 bridgehead atoms. The van der Waals surface area contributed by atoms with E-state index >= 15 is 0 Å². The molecule has 3 amide bonds. The minimum absolute atomic E-state index is 0.0585. The van der Waals surface area contributed by atoms with Crippen molar-refractivity contribution in [2.75, 3.05) is 29.9 Å². The first kappa shape index (κ1) is 19.6. The number of para-hydroxylation sites is 1. The molecule has 146 valence electrons. The van der Waals surface area contributed by atoms with Gasteiger partial charge in [0.2, 0.25) is 11.8 Å². The Bertz CT molecular complexity index is 862. The summed E-state index contributed by atoms with van der Waals surface area (Å²) in [7, 11) is 0. The Morgan fingerprint density at radius 2 is 1.79 bits per heavy atom. The molecule has 0 aromatic heterocycles. The standard InChI is InChI=1S/C22H25N3O3/c1-3-24(4-2)22(28)16-9-8-10-18(13-16)23-21(27)17-14-20(26)25(15-17)19-11-6-5-7-12-19/h5-13,17H,3-4,14-15H2,1-2H3,(H,23,27). The second kappa shape index (κ2) is 8.69. The summed E-state index contributed by atoms with van der Waals surface area (Å²) in [6.07, 6.45) is 0.179. The van der Waals surface area contributed by atoms with Gasteiger partial charge in [0.15, 0.2) is 0 Å². The van der Waals surface area contributed by atoms with Crippen LogP contribution in [0.4, 0.5) is 11.4 Å². The summed E-state index contributed by atoms with van der Waals surface area (Å²) in [5.74, 6) is -0.752. The minimum Gasteiger partial charge on any atom is -0.339 e. The van der Waals surface area contributed by atoms with Gasteiger partial charge in [0.1, 0.15) is 0 Å². The third kappa shape index (κ3) is 4.22. The first-order valence-corrected chi connectivity index (χ1v) is 9.59. The van der Waals surface area contributed by atoms with E-state index < -0.39 is 5.92 Å². The van der Waals surface area contributed by atoms with Crippen LogP contribution < -0.4 is 10.2 Å². The van der Waals surface area contributed by atoms with E-state index in [1.54, 1.807) is 34.1 Å². The molecule has 3 rings (SSSR count). The number of nitrogens with zero attached hydrogens (tertiary/aromatic N) is 2. The molecule has 0 saturated carbocycles. The predicted octanol–water partition coefficient (Wildman–Crippen LogP) is 3.16. The smallest absolute Gasteiger partial charge is 0.253 e. The van der Waals surface area contributed by atoms with Gasteiger partial charge >= 0.3 is 0 Å². The average Bonchev–Trinajstić information content (AvgIpc) is 3.11. The van der Waals surface area contributed by atoms with Crippen LogP contribution in [0, 0.1) is 5.92 Å². The Hall–Kier alpha value is -3.15. The monoisotopic (exact) mass is 379 g/mol. The summed E-state index contributed by atoms with van der Waals surface area (Å²) in [5.41, 5.74) is 1.90. The number of amides is 3. The highest BCUT2D eigenvalue weighted by Crippen LogP contribution is 2.26. The van der Waals surface area contributed by atoms with Crippen LogP contribution in [0.25, 0.3) is 0 Å². The number of hydrogen-bond acceptors (Lipinski definition) is 3. The Labute approximate surface area is 165 Å². The molecule has 0 radical (unpaired) electrons. The van der Waals surface area contributed by atoms with Gasteiger partial charge in [-0.05, 0) is 44.2 Å². The second-order valence-corrected chi connectivity index (χ2v) is 6.79. The van der Waals surface area contributed by atoms with Crippen LogP contribution in [0.2, 0.25) is 0 Å². The van der Waals surface area contributed by atoms with Crippen molar-refractivity contribution in [3.8, 4) is 0 Å². The zero-order valence-electron chi connectivity index (χ0n) is 16.2. The van der Waals surface area contributed by atoms with Crippen molar-refractivity contribution in [1.82, 2.24) is 4.90 Å². The van der Waals surface area contributed by atoms with Gasteiger partial charge in [0, 0.05) is 43.0 Å². The van der Waals surface area contributed by atoms with Crippen LogP contribution in [-0.4, -0.2) is 42.3 Å². The van der Waals surface area contributed by atoms with E-state index in [2.05, 4.69) is 5.32 Å². The van der Waals surface area contributed by atoms with Crippen molar-refractivity contribution in [3.05, 3.63) is 60.2 Å². The summed E-state index contributed by atoms with van der Waals surface area (Å²) < 4.78 is 0. The van der Waals surface area contributed by atoms with Crippen molar-refractivity contribution >= 4 is 29.1 Å². The van der Waals surface area contributed by atoms with Crippen molar-refractivity contribution in [3.63, 3.8) is 0 Å². The number of nitrogens with one attached hydrogen (secondary N) is 1. The first-order chi connectivity index (χ1) is 13.5. The zero-order chi connectivity index (χ0) is 20.1. The van der Waals surface area contributed by atoms with Gasteiger partial charge < -0.3 is 15.1 Å². The van der Waals surface area contributed by atoms with Crippen LogP contribution in [-0.2, 0) is 9.59 Å². The number of carbonyl (C=O) groups is 3. The van der Waals surface area contributed by atoms with Crippen LogP contribution >= 0.6 is 0 Å². The lowest BCUT2D eigenvalue weighted by Crippen LogP contribution is -2.30. The molecule has 0 aliphatic carbocycles. The Morgan fingerprint density at radius 1 is 1.07 bits per heavy atom. The van der Waals surface area contributed by atoms with Crippen molar-refractivity contribution < 1.29 is 14.4 Å². The van der Waals surface area contributed by atoms with Gasteiger partial charge in [-0.25, -0.2) is 0 Å². The molecule has 6 heteroatoms. The van der Waals surface area contributed by atoms with Gasteiger partial charge in [-0.2, -0.15) is 0 Å². The maximum atomic E-state index is 12.7. The Morgan fingerprint density at radius 3 is 2.46 bits per heavy atom. The molecule has 2 aromatic carbocycles. The maximum absolute atomic E-state index is 12.7. The highest BCUT2D eigenvalue weighted by molar-refractivity contribution is 6.04. The summed E-state index contributed by atoms with van der Waals surface area (Å²) >= 11 is 0. The van der Waals surface area contributed by atoms with Gasteiger partial charge in [0.25, 0.3) is 5.91 Å². The molecule has 28 heavy (non-hydrogen) atoms. The highest BCUT2D eigenvalue weighted by Gasteiger charge is 2.35. The van der Waals surface area contributed by atoms with E-state index in [0.717, 1.165) is 5.69 Å². The van der Waals surface area contributed by atoms with Gasteiger partial charge in [-0.15, -0.1) is 0 Å². The fourth-order valence-corrected chi connectivity index (χ4v) is 3.41. The van der Waals surface area contributed by atoms with E-state index in [1.165, 1.54) is 0 Å². The molecule has 1 aliphatic rings.